The molecule has 0 unspecified atom stereocenters. The molecular weight excluding hydrogens is 314 g/mol. The number of pyridine rings is 1. The van der Waals surface area contributed by atoms with Gasteiger partial charge in [0.1, 0.15) is 7.05 Å². The molecule has 2 aromatic carbocycles. The van der Waals surface area contributed by atoms with E-state index in [4.69, 9.17) is 2.74 Å². The van der Waals surface area contributed by atoms with Crippen LogP contribution in [0.4, 0.5) is 0 Å². The monoisotopic (exact) mass is 344 g/mol. The molecule has 1 aliphatic carbocycles. The van der Waals surface area contributed by atoms with Crippen molar-refractivity contribution in [2.45, 2.75) is 39.0 Å². The molecule has 0 spiro atoms. The second kappa shape index (κ2) is 7.45. The molecular formula is C25H28N+. The van der Waals surface area contributed by atoms with Gasteiger partial charge in [-0.05, 0) is 48.0 Å². The van der Waals surface area contributed by atoms with Crippen molar-refractivity contribution < 1.29 is 7.31 Å². The third-order valence-electron chi connectivity index (χ3n) is 5.50. The maximum absolute atomic E-state index is 8.58. The van der Waals surface area contributed by atoms with Gasteiger partial charge in [0.05, 0.1) is 0 Å². The van der Waals surface area contributed by atoms with Crippen LogP contribution in [0.15, 0.2) is 66.9 Å². The zero-order valence-corrected chi connectivity index (χ0v) is 15.7. The Morgan fingerprint density at radius 1 is 0.923 bits per heavy atom. The number of hydrogen-bond acceptors (Lipinski definition) is 0. The molecule has 26 heavy (non-hydrogen) atoms. The van der Waals surface area contributed by atoms with Crippen molar-refractivity contribution in [1.82, 2.24) is 0 Å². The zero-order chi connectivity index (χ0) is 19.7. The van der Waals surface area contributed by atoms with Gasteiger partial charge in [-0.1, -0.05) is 68.1 Å². The largest absolute Gasteiger partial charge is 0.212 e. The highest BCUT2D eigenvalue weighted by atomic mass is 14.9. The van der Waals surface area contributed by atoms with Crippen molar-refractivity contribution >= 4 is 0 Å². The summed E-state index contributed by atoms with van der Waals surface area (Å²) < 4.78 is 19.3. The molecule has 0 bridgehead atoms. The van der Waals surface area contributed by atoms with Crippen LogP contribution in [0.25, 0.3) is 22.4 Å². The lowest BCUT2D eigenvalue weighted by Crippen LogP contribution is -2.30. The van der Waals surface area contributed by atoms with Gasteiger partial charge in [-0.15, -0.1) is 0 Å². The van der Waals surface area contributed by atoms with Crippen LogP contribution in [0.1, 0.15) is 39.6 Å². The van der Waals surface area contributed by atoms with Crippen molar-refractivity contribution in [2.75, 3.05) is 0 Å². The molecule has 4 rings (SSSR count). The third kappa shape index (κ3) is 3.58. The van der Waals surface area contributed by atoms with E-state index in [1.54, 1.807) is 0 Å². The van der Waals surface area contributed by atoms with Crippen molar-refractivity contribution in [2.24, 2.45) is 13.0 Å². The Labute approximate surface area is 160 Å². The Morgan fingerprint density at radius 3 is 2.31 bits per heavy atom. The predicted molar refractivity (Wildman–Crippen MR) is 109 cm³/mol. The van der Waals surface area contributed by atoms with E-state index in [9.17, 15) is 0 Å². The minimum Gasteiger partial charge on any atom is -0.200 e. The van der Waals surface area contributed by atoms with Crippen molar-refractivity contribution in [1.29, 1.82) is 0 Å². The normalized spacial score (nSPS) is 16.4. The molecule has 0 atom stereocenters. The Hall–Kier alpha value is -2.41. The first-order chi connectivity index (χ1) is 13.5. The van der Waals surface area contributed by atoms with Crippen LogP contribution < -0.4 is 4.57 Å². The standard InChI is InChI=1S/C25H28N/c1-19-7-3-6-10-24(19)25-16-15-23(18-26(25)2)22-13-11-21(12-14-22)17-20-8-4-5-9-20/h3,6-7,10-16,18,20H,4-5,8-9,17H2,1-2H3/q+1/i17D2. The molecule has 3 aromatic rings. The maximum Gasteiger partial charge on any atom is 0.212 e. The quantitative estimate of drug-likeness (QED) is 0.520. The summed E-state index contributed by atoms with van der Waals surface area (Å²) in [5.74, 6) is 0.157. The van der Waals surface area contributed by atoms with E-state index < -0.39 is 6.37 Å². The average molecular weight is 345 g/mol. The van der Waals surface area contributed by atoms with Gasteiger partial charge in [0.25, 0.3) is 0 Å². The van der Waals surface area contributed by atoms with Gasteiger partial charge in [0.2, 0.25) is 5.69 Å². The number of aromatic nitrogens is 1. The Morgan fingerprint density at radius 2 is 1.62 bits per heavy atom. The molecule has 0 aliphatic heterocycles. The first-order valence-corrected chi connectivity index (χ1v) is 9.63. The van der Waals surface area contributed by atoms with Gasteiger partial charge in [0.15, 0.2) is 6.20 Å². The van der Waals surface area contributed by atoms with Crippen molar-refractivity contribution in [3.05, 3.63) is 78.0 Å². The molecule has 0 radical (unpaired) electrons. The van der Waals surface area contributed by atoms with Crippen LogP contribution in [0, 0.1) is 12.8 Å². The fourth-order valence-corrected chi connectivity index (χ4v) is 3.98. The third-order valence-corrected chi connectivity index (χ3v) is 5.50. The SMILES string of the molecule is [2H]C([2H])(c1ccc(-c2ccc(-c3ccccc3C)[n+](C)c2)cc1)C1CCCC1. The summed E-state index contributed by atoms with van der Waals surface area (Å²) in [7, 11) is 2.08. The molecule has 1 aromatic heterocycles. The Bertz CT molecular complexity index is 970. The zero-order valence-electron chi connectivity index (χ0n) is 17.7. The number of rotatable bonds is 4. The highest BCUT2D eigenvalue weighted by Gasteiger charge is 2.16. The molecule has 1 saturated carbocycles. The van der Waals surface area contributed by atoms with E-state index in [0.717, 1.165) is 42.4 Å². The first kappa shape index (κ1) is 14.7. The molecule has 0 N–H and O–H groups in total. The number of benzene rings is 2. The molecule has 1 heterocycles. The highest BCUT2D eigenvalue weighted by Crippen LogP contribution is 2.29. The van der Waals surface area contributed by atoms with Crippen LogP contribution in [0.2, 0.25) is 0 Å². The van der Waals surface area contributed by atoms with E-state index in [1.165, 1.54) is 16.8 Å². The van der Waals surface area contributed by atoms with Gasteiger partial charge in [-0.2, -0.15) is 0 Å². The molecule has 1 fully saturated rings. The van der Waals surface area contributed by atoms with E-state index in [1.807, 2.05) is 12.1 Å². The van der Waals surface area contributed by atoms with Gasteiger partial charge in [-0.3, -0.25) is 0 Å². The fraction of sp³-hybridized carbons (Fsp3) is 0.320. The second-order valence-corrected chi connectivity index (χ2v) is 7.43. The van der Waals surface area contributed by atoms with Crippen molar-refractivity contribution in [3.8, 4) is 22.4 Å². The number of aryl methyl sites for hydroxylation is 2. The number of nitrogens with zero attached hydrogens (tertiary/aromatic N) is 1. The van der Waals surface area contributed by atoms with Gasteiger partial charge in [0, 0.05) is 19.9 Å². The van der Waals surface area contributed by atoms with Crippen LogP contribution in [-0.4, -0.2) is 0 Å². The van der Waals surface area contributed by atoms with Crippen LogP contribution in [0.3, 0.4) is 0 Å². The Kier molecular flexibility index (Phi) is 4.22. The molecule has 1 heteroatoms. The van der Waals surface area contributed by atoms with Crippen LogP contribution >= 0.6 is 0 Å². The predicted octanol–water partition coefficient (Wildman–Crippen LogP) is 5.89. The van der Waals surface area contributed by atoms with Gasteiger partial charge in [-0.25, -0.2) is 4.57 Å². The second-order valence-electron chi connectivity index (χ2n) is 7.43. The average Bonchev–Trinajstić information content (AvgIpc) is 3.25. The summed E-state index contributed by atoms with van der Waals surface area (Å²) in [6.45, 7) is 2.14. The lowest BCUT2D eigenvalue weighted by atomic mass is 9.96. The van der Waals surface area contributed by atoms with E-state index >= 15 is 0 Å². The summed E-state index contributed by atoms with van der Waals surface area (Å²) in [6, 6.07) is 20.8. The van der Waals surface area contributed by atoms with Gasteiger partial charge < -0.3 is 0 Å². The van der Waals surface area contributed by atoms with Gasteiger partial charge >= 0.3 is 0 Å². The summed E-state index contributed by atoms with van der Waals surface area (Å²) >= 11 is 0. The van der Waals surface area contributed by atoms with Crippen LogP contribution in [-0.2, 0) is 13.4 Å². The summed E-state index contributed by atoms with van der Waals surface area (Å²) in [4.78, 5) is 0. The van der Waals surface area contributed by atoms with Crippen molar-refractivity contribution in [3.63, 3.8) is 0 Å². The summed E-state index contributed by atoms with van der Waals surface area (Å²) in [5, 5.41) is 0. The summed E-state index contributed by atoms with van der Waals surface area (Å²) in [5.41, 5.74) is 6.78. The maximum atomic E-state index is 8.58. The molecule has 0 saturated heterocycles. The summed E-state index contributed by atoms with van der Waals surface area (Å²) in [6.07, 6.45) is 5.25. The molecule has 132 valence electrons. The molecule has 1 aliphatic rings. The van der Waals surface area contributed by atoms with E-state index in [0.29, 0.717) is 0 Å². The lowest BCUT2D eigenvalue weighted by Gasteiger charge is -2.10. The fourth-order valence-electron chi connectivity index (χ4n) is 3.98. The highest BCUT2D eigenvalue weighted by molar-refractivity contribution is 5.66. The van der Waals surface area contributed by atoms with E-state index in [-0.39, 0.29) is 5.92 Å². The molecule has 0 amide bonds. The minimum atomic E-state index is -1.23. The minimum absolute atomic E-state index is 0.157. The number of hydrogen-bond donors (Lipinski definition) is 0. The molecule has 1 nitrogen and oxygen atoms in total. The smallest absolute Gasteiger partial charge is 0.200 e. The first-order valence-electron chi connectivity index (χ1n) is 10.6. The Balaban J connectivity index is 1.61. The topological polar surface area (TPSA) is 3.88 Å². The lowest BCUT2D eigenvalue weighted by molar-refractivity contribution is -0.659. The van der Waals surface area contributed by atoms with E-state index in [2.05, 4.69) is 73.3 Å². The van der Waals surface area contributed by atoms with Crippen LogP contribution in [0.5, 0.6) is 0 Å².